The molecule has 0 fully saturated rings. The van der Waals surface area contributed by atoms with Crippen molar-refractivity contribution in [1.82, 2.24) is 4.98 Å². The highest BCUT2D eigenvalue weighted by atomic mass is 16.5. The van der Waals surface area contributed by atoms with Gasteiger partial charge in [-0.15, -0.1) is 0 Å². The summed E-state index contributed by atoms with van der Waals surface area (Å²) in [5, 5.41) is 0. The van der Waals surface area contributed by atoms with Crippen LogP contribution in [-0.2, 0) is 9.47 Å². The fraction of sp³-hybridized carbons (Fsp3) is 0.429. The molecule has 0 N–H and O–H groups in total. The van der Waals surface area contributed by atoms with Crippen molar-refractivity contribution in [3.8, 4) is 5.75 Å². The Labute approximate surface area is 161 Å². The quantitative estimate of drug-likeness (QED) is 0.486. The number of esters is 1. The summed E-state index contributed by atoms with van der Waals surface area (Å²) in [5.74, 6) is 0.747. The van der Waals surface area contributed by atoms with Crippen molar-refractivity contribution in [1.29, 1.82) is 0 Å². The van der Waals surface area contributed by atoms with Gasteiger partial charge in [-0.2, -0.15) is 0 Å². The Balaban J connectivity index is 2.45. The molecule has 1 heterocycles. The molecule has 0 spiro atoms. The number of nitrogens with zero attached hydrogens (tertiary/aromatic N) is 2. The lowest BCUT2D eigenvalue weighted by Crippen LogP contribution is -2.20. The van der Waals surface area contributed by atoms with Gasteiger partial charge in [0.05, 0.1) is 19.4 Å². The van der Waals surface area contributed by atoms with Crippen molar-refractivity contribution < 1.29 is 19.0 Å². The Morgan fingerprint density at radius 1 is 1.19 bits per heavy atom. The van der Waals surface area contributed by atoms with E-state index in [-0.39, 0.29) is 0 Å². The van der Waals surface area contributed by atoms with Gasteiger partial charge < -0.3 is 19.1 Å². The minimum atomic E-state index is -0.410. The van der Waals surface area contributed by atoms with Crippen molar-refractivity contribution in [3.63, 3.8) is 0 Å². The Bertz CT molecular complexity index is 762. The smallest absolute Gasteiger partial charge is 0.341 e. The van der Waals surface area contributed by atoms with Gasteiger partial charge in [0.25, 0.3) is 0 Å². The number of carbonyl (C=O) groups excluding carboxylic acids is 1. The van der Waals surface area contributed by atoms with Crippen LogP contribution < -0.4 is 9.64 Å². The highest BCUT2D eigenvalue weighted by molar-refractivity contribution is 5.96. The lowest BCUT2D eigenvalue weighted by atomic mass is 10.0. The van der Waals surface area contributed by atoms with Crippen LogP contribution in [0.25, 0.3) is 0 Å². The lowest BCUT2D eigenvalue weighted by Gasteiger charge is -2.26. The van der Waals surface area contributed by atoms with E-state index in [4.69, 9.17) is 14.2 Å². The number of anilines is 2. The maximum Gasteiger partial charge on any atom is 0.341 e. The largest absolute Gasteiger partial charge is 0.491 e. The first-order valence-electron chi connectivity index (χ1n) is 9.09. The number of hydrogen-bond acceptors (Lipinski definition) is 6. The Morgan fingerprint density at radius 2 is 1.96 bits per heavy atom. The molecule has 0 amide bonds. The molecule has 0 atom stereocenters. The molecule has 2 aromatic rings. The second-order valence-corrected chi connectivity index (χ2v) is 6.35. The number of methoxy groups -OCH3 is 2. The van der Waals surface area contributed by atoms with Crippen LogP contribution in [0.3, 0.4) is 0 Å². The molecule has 0 saturated carbocycles. The third-order valence-electron chi connectivity index (χ3n) is 4.29. The van der Waals surface area contributed by atoms with Gasteiger partial charge in [0, 0.05) is 37.8 Å². The van der Waals surface area contributed by atoms with Crippen LogP contribution in [0.1, 0.15) is 42.6 Å². The first kappa shape index (κ1) is 20.7. The minimum Gasteiger partial charge on any atom is -0.491 e. The van der Waals surface area contributed by atoms with E-state index in [2.05, 4.69) is 24.9 Å². The van der Waals surface area contributed by atoms with Crippen molar-refractivity contribution in [3.05, 3.63) is 47.8 Å². The average Bonchev–Trinajstić information content (AvgIpc) is 2.68. The van der Waals surface area contributed by atoms with E-state index >= 15 is 0 Å². The zero-order chi connectivity index (χ0) is 19.8. The molecule has 6 heteroatoms. The van der Waals surface area contributed by atoms with Gasteiger partial charge in [0.2, 0.25) is 0 Å². The van der Waals surface area contributed by atoms with Crippen LogP contribution in [0.2, 0.25) is 0 Å². The van der Waals surface area contributed by atoms with Gasteiger partial charge in [-0.1, -0.05) is 19.9 Å². The molecule has 0 radical (unpaired) electrons. The average molecular weight is 372 g/mol. The van der Waals surface area contributed by atoms with E-state index in [1.54, 1.807) is 13.3 Å². The van der Waals surface area contributed by atoms with Crippen LogP contribution in [0.5, 0.6) is 5.75 Å². The summed E-state index contributed by atoms with van der Waals surface area (Å²) < 4.78 is 15.9. The summed E-state index contributed by atoms with van der Waals surface area (Å²) in [6.07, 6.45) is 3.20. The first-order chi connectivity index (χ1) is 13.0. The number of pyridine rings is 1. The minimum absolute atomic E-state index is 0.332. The molecule has 1 aromatic carbocycles. The van der Waals surface area contributed by atoms with E-state index in [9.17, 15) is 4.79 Å². The van der Waals surface area contributed by atoms with E-state index in [0.717, 1.165) is 22.7 Å². The van der Waals surface area contributed by atoms with Crippen LogP contribution in [0.4, 0.5) is 11.4 Å². The maximum absolute atomic E-state index is 12.1. The van der Waals surface area contributed by atoms with Crippen molar-refractivity contribution in [2.45, 2.75) is 26.7 Å². The number of benzene rings is 1. The molecular weight excluding hydrogens is 344 g/mol. The monoisotopic (exact) mass is 372 g/mol. The van der Waals surface area contributed by atoms with Gasteiger partial charge in [-0.05, 0) is 30.5 Å². The second-order valence-electron chi connectivity index (χ2n) is 6.35. The van der Waals surface area contributed by atoms with Crippen molar-refractivity contribution in [2.75, 3.05) is 38.9 Å². The second kappa shape index (κ2) is 9.92. The predicted molar refractivity (Wildman–Crippen MR) is 106 cm³/mol. The van der Waals surface area contributed by atoms with Crippen LogP contribution in [0.15, 0.2) is 36.7 Å². The Kier molecular flexibility index (Phi) is 7.61. The summed E-state index contributed by atoms with van der Waals surface area (Å²) in [6.45, 7) is 7.97. The van der Waals surface area contributed by atoms with Crippen LogP contribution in [0, 0.1) is 0 Å². The number of rotatable bonds is 9. The zero-order valence-electron chi connectivity index (χ0n) is 16.7. The highest BCUT2D eigenvalue weighted by Gasteiger charge is 2.19. The maximum atomic E-state index is 12.1. The zero-order valence-corrected chi connectivity index (χ0v) is 16.7. The highest BCUT2D eigenvalue weighted by Crippen LogP contribution is 2.35. The standard InChI is InChI=1S/C21H28N2O4/c1-6-23(19-9-10-22-14-18(19)21(24)26-5)16-7-8-17(15(2)3)20(13-16)27-12-11-25-4/h7-10,13-15H,6,11-12H2,1-5H3. The van der Waals surface area contributed by atoms with E-state index in [1.807, 2.05) is 30.0 Å². The molecular formula is C21H28N2O4. The number of aromatic nitrogens is 1. The third kappa shape index (κ3) is 4.98. The fourth-order valence-electron chi connectivity index (χ4n) is 2.91. The fourth-order valence-corrected chi connectivity index (χ4v) is 2.91. The molecule has 0 aliphatic carbocycles. The summed E-state index contributed by atoms with van der Waals surface area (Å²) in [6, 6.07) is 7.95. The van der Waals surface area contributed by atoms with Gasteiger partial charge in [0.1, 0.15) is 17.9 Å². The lowest BCUT2D eigenvalue weighted by molar-refractivity contribution is 0.0601. The van der Waals surface area contributed by atoms with Crippen LogP contribution in [-0.4, -0.2) is 44.9 Å². The van der Waals surface area contributed by atoms with Gasteiger partial charge in [-0.25, -0.2) is 4.79 Å². The van der Waals surface area contributed by atoms with Gasteiger partial charge in [-0.3, -0.25) is 4.98 Å². The van der Waals surface area contributed by atoms with E-state index < -0.39 is 5.97 Å². The van der Waals surface area contributed by atoms with Crippen LogP contribution >= 0.6 is 0 Å². The SMILES string of the molecule is CCN(c1ccc(C(C)C)c(OCCOC)c1)c1ccncc1C(=O)OC. The van der Waals surface area contributed by atoms with Gasteiger partial charge in [0.15, 0.2) is 0 Å². The molecule has 6 nitrogen and oxygen atoms in total. The Hall–Kier alpha value is -2.60. The topological polar surface area (TPSA) is 60.9 Å². The molecule has 27 heavy (non-hydrogen) atoms. The molecule has 0 aliphatic heterocycles. The summed E-state index contributed by atoms with van der Waals surface area (Å²) in [7, 11) is 3.02. The van der Waals surface area contributed by atoms with Gasteiger partial charge >= 0.3 is 5.97 Å². The molecule has 146 valence electrons. The molecule has 0 unspecified atom stereocenters. The molecule has 0 aliphatic rings. The summed E-state index contributed by atoms with van der Waals surface area (Å²) in [4.78, 5) is 18.2. The predicted octanol–water partition coefficient (Wildman–Crippen LogP) is 4.17. The Morgan fingerprint density at radius 3 is 2.59 bits per heavy atom. The van der Waals surface area contributed by atoms with Crippen molar-refractivity contribution >= 4 is 17.3 Å². The van der Waals surface area contributed by atoms with E-state index in [1.165, 1.54) is 13.3 Å². The number of hydrogen-bond donors (Lipinski definition) is 0. The summed E-state index contributed by atoms with van der Waals surface area (Å²) in [5.41, 5.74) is 3.25. The van der Waals surface area contributed by atoms with Crippen molar-refractivity contribution in [2.24, 2.45) is 0 Å². The van der Waals surface area contributed by atoms with E-state index in [0.29, 0.717) is 31.2 Å². The number of carbonyl (C=O) groups is 1. The third-order valence-corrected chi connectivity index (χ3v) is 4.29. The number of ether oxygens (including phenoxy) is 3. The molecule has 2 rings (SSSR count). The molecule has 0 bridgehead atoms. The molecule has 1 aromatic heterocycles. The first-order valence-corrected chi connectivity index (χ1v) is 9.09. The summed E-state index contributed by atoms with van der Waals surface area (Å²) >= 11 is 0. The normalized spacial score (nSPS) is 10.7. The molecule has 0 saturated heterocycles.